The molecule has 180 valence electrons. The third-order valence-electron chi connectivity index (χ3n) is 6.35. The van der Waals surface area contributed by atoms with Gasteiger partial charge in [-0.15, -0.1) is 10.2 Å². The van der Waals surface area contributed by atoms with E-state index in [9.17, 15) is 4.39 Å². The molecule has 5 nitrogen and oxygen atoms in total. The minimum atomic E-state index is -2.07. The SMILES string of the molecule is [C-]#[N+]c1ccc(N[C@@H](c2nnc(-c3ccc(F)cc3)s2)[C@H](C)O[Si](C)(C)C(C)(C)C)c(C)c1Cl. The molecule has 0 bridgehead atoms. The summed E-state index contributed by atoms with van der Waals surface area (Å²) >= 11 is 7.88. The second-order valence-corrected chi connectivity index (χ2v) is 16.0. The van der Waals surface area contributed by atoms with Gasteiger partial charge in [0.25, 0.3) is 0 Å². The van der Waals surface area contributed by atoms with Gasteiger partial charge >= 0.3 is 0 Å². The molecule has 0 saturated carbocycles. The second-order valence-electron chi connectivity index (χ2n) is 9.84. The van der Waals surface area contributed by atoms with Crippen molar-refractivity contribution in [3.8, 4) is 10.6 Å². The maximum atomic E-state index is 13.4. The van der Waals surface area contributed by atoms with E-state index in [-0.39, 0.29) is 23.0 Å². The van der Waals surface area contributed by atoms with Gasteiger partial charge in [-0.3, -0.25) is 0 Å². The molecule has 0 saturated heterocycles. The van der Waals surface area contributed by atoms with E-state index in [4.69, 9.17) is 22.6 Å². The summed E-state index contributed by atoms with van der Waals surface area (Å²) in [7, 11) is -2.07. The lowest BCUT2D eigenvalue weighted by Gasteiger charge is -2.40. The summed E-state index contributed by atoms with van der Waals surface area (Å²) in [5, 5.41) is 14.4. The number of aromatic nitrogens is 2. The van der Waals surface area contributed by atoms with Gasteiger partial charge in [0.2, 0.25) is 5.69 Å². The molecule has 2 aromatic carbocycles. The molecular formula is C25H30ClFN4OSSi. The van der Waals surface area contributed by atoms with Crippen LogP contribution in [0.15, 0.2) is 36.4 Å². The third-order valence-corrected chi connectivity index (χ3v) is 12.5. The molecule has 1 aromatic heterocycles. The van der Waals surface area contributed by atoms with E-state index < -0.39 is 8.32 Å². The lowest BCUT2D eigenvalue weighted by molar-refractivity contribution is 0.177. The largest absolute Gasteiger partial charge is 0.412 e. The third kappa shape index (κ3) is 5.66. The minimum absolute atomic E-state index is 0.0444. The fraction of sp³-hybridized carbons (Fsp3) is 0.400. The van der Waals surface area contributed by atoms with Gasteiger partial charge in [-0.2, -0.15) is 0 Å². The fourth-order valence-electron chi connectivity index (χ4n) is 3.24. The fourth-order valence-corrected chi connectivity index (χ4v) is 5.86. The van der Waals surface area contributed by atoms with Crippen molar-refractivity contribution in [2.24, 2.45) is 0 Å². The van der Waals surface area contributed by atoms with Crippen LogP contribution in [0.3, 0.4) is 0 Å². The van der Waals surface area contributed by atoms with Crippen LogP contribution in [-0.4, -0.2) is 24.6 Å². The molecule has 1 N–H and O–H groups in total. The minimum Gasteiger partial charge on any atom is -0.412 e. The highest BCUT2D eigenvalue weighted by molar-refractivity contribution is 7.14. The van der Waals surface area contributed by atoms with Crippen LogP contribution in [0.4, 0.5) is 15.8 Å². The molecule has 0 aliphatic heterocycles. The normalized spacial score (nSPS) is 13.9. The Labute approximate surface area is 211 Å². The molecule has 3 rings (SSSR count). The maximum absolute atomic E-state index is 13.4. The predicted octanol–water partition coefficient (Wildman–Crippen LogP) is 8.42. The van der Waals surface area contributed by atoms with Crippen molar-refractivity contribution >= 4 is 42.6 Å². The highest BCUT2D eigenvalue weighted by Crippen LogP contribution is 2.41. The Bertz CT molecular complexity index is 1200. The lowest BCUT2D eigenvalue weighted by Crippen LogP contribution is -2.45. The Morgan fingerprint density at radius 2 is 1.79 bits per heavy atom. The Hall–Kier alpha value is -2.31. The summed E-state index contributed by atoms with van der Waals surface area (Å²) in [4.78, 5) is 3.49. The van der Waals surface area contributed by atoms with Crippen LogP contribution in [0.2, 0.25) is 23.2 Å². The van der Waals surface area contributed by atoms with Crippen LogP contribution in [-0.2, 0) is 4.43 Å². The Morgan fingerprint density at radius 1 is 1.15 bits per heavy atom. The molecular weight excluding hydrogens is 487 g/mol. The van der Waals surface area contributed by atoms with Gasteiger partial charge in [-0.05, 0) is 67.9 Å². The molecule has 0 amide bonds. The first-order valence-corrected chi connectivity index (χ1v) is 15.1. The van der Waals surface area contributed by atoms with Gasteiger partial charge in [0.15, 0.2) is 8.32 Å². The Balaban J connectivity index is 2.00. The van der Waals surface area contributed by atoms with Crippen LogP contribution in [0.1, 0.15) is 44.3 Å². The van der Waals surface area contributed by atoms with Crippen molar-refractivity contribution in [1.29, 1.82) is 0 Å². The van der Waals surface area contributed by atoms with Gasteiger partial charge in [0.05, 0.1) is 17.7 Å². The van der Waals surface area contributed by atoms with Crippen molar-refractivity contribution in [2.75, 3.05) is 5.32 Å². The van der Waals surface area contributed by atoms with E-state index >= 15 is 0 Å². The second kappa shape index (κ2) is 10.1. The van der Waals surface area contributed by atoms with Crippen molar-refractivity contribution in [3.05, 3.63) is 69.2 Å². The summed E-state index contributed by atoms with van der Waals surface area (Å²) in [6.07, 6.45) is -0.214. The van der Waals surface area contributed by atoms with Gasteiger partial charge in [-0.1, -0.05) is 49.8 Å². The number of hydrogen-bond donors (Lipinski definition) is 1. The summed E-state index contributed by atoms with van der Waals surface area (Å²) in [5.74, 6) is -0.292. The highest BCUT2D eigenvalue weighted by Gasteiger charge is 2.40. The summed E-state index contributed by atoms with van der Waals surface area (Å²) in [6, 6.07) is 9.51. The smallest absolute Gasteiger partial charge is 0.205 e. The number of rotatable bonds is 7. The topological polar surface area (TPSA) is 51.4 Å². The summed E-state index contributed by atoms with van der Waals surface area (Å²) in [5.41, 5.74) is 2.83. The zero-order valence-corrected chi connectivity index (χ0v) is 23.1. The molecule has 0 fully saturated rings. The molecule has 0 aliphatic carbocycles. The van der Waals surface area contributed by atoms with E-state index in [2.05, 4.69) is 54.2 Å². The number of nitrogens with one attached hydrogen (secondary N) is 1. The first-order valence-electron chi connectivity index (χ1n) is 11.0. The van der Waals surface area contributed by atoms with E-state index in [1.165, 1.54) is 23.5 Å². The Kier molecular flexibility index (Phi) is 7.83. The van der Waals surface area contributed by atoms with E-state index in [1.54, 1.807) is 18.2 Å². The monoisotopic (exact) mass is 516 g/mol. The number of benzene rings is 2. The predicted molar refractivity (Wildman–Crippen MR) is 142 cm³/mol. The molecule has 34 heavy (non-hydrogen) atoms. The summed E-state index contributed by atoms with van der Waals surface area (Å²) < 4.78 is 20.1. The lowest BCUT2D eigenvalue weighted by atomic mass is 10.1. The van der Waals surface area contributed by atoms with Crippen LogP contribution in [0.5, 0.6) is 0 Å². The van der Waals surface area contributed by atoms with Crippen molar-refractivity contribution in [2.45, 2.75) is 64.9 Å². The quantitative estimate of drug-likeness (QED) is 0.253. The number of nitrogens with zero attached hydrogens (tertiary/aromatic N) is 3. The number of anilines is 1. The molecule has 0 unspecified atom stereocenters. The molecule has 0 spiro atoms. The van der Waals surface area contributed by atoms with Crippen LogP contribution in [0, 0.1) is 19.3 Å². The number of hydrogen-bond acceptors (Lipinski definition) is 5. The Morgan fingerprint density at radius 3 is 2.38 bits per heavy atom. The maximum Gasteiger partial charge on any atom is 0.205 e. The van der Waals surface area contributed by atoms with Crippen molar-refractivity contribution < 1.29 is 8.82 Å². The van der Waals surface area contributed by atoms with E-state index in [0.717, 1.165) is 21.8 Å². The summed E-state index contributed by atoms with van der Waals surface area (Å²) in [6.45, 7) is 22.3. The standard InChI is InChI=1S/C25H30ClFN4OSSi/c1-15-19(13-14-20(28-6)21(15)26)29-22(16(2)32-34(7,8)25(3,4)5)24-31-30-23(33-24)17-9-11-18(27)12-10-17/h9-14,16,22,29H,1-5,7-8H3/t16-,22+/m0/s1. The van der Waals surface area contributed by atoms with Crippen LogP contribution in [0.25, 0.3) is 15.4 Å². The van der Waals surface area contributed by atoms with Gasteiger partial charge < -0.3 is 9.74 Å². The van der Waals surface area contributed by atoms with Gasteiger partial charge in [0, 0.05) is 11.3 Å². The zero-order valence-electron chi connectivity index (χ0n) is 20.5. The first-order chi connectivity index (χ1) is 15.8. The van der Waals surface area contributed by atoms with Gasteiger partial charge in [-0.25, -0.2) is 9.24 Å². The molecule has 9 heteroatoms. The molecule has 2 atom stereocenters. The van der Waals surface area contributed by atoms with Crippen molar-refractivity contribution in [1.82, 2.24) is 10.2 Å². The average molecular weight is 517 g/mol. The zero-order chi connectivity index (χ0) is 25.3. The molecule has 0 aliphatic rings. The van der Waals surface area contributed by atoms with E-state index in [1.807, 2.05) is 19.9 Å². The van der Waals surface area contributed by atoms with E-state index in [0.29, 0.717) is 15.7 Å². The molecule has 3 aromatic rings. The first kappa shape index (κ1) is 26.3. The van der Waals surface area contributed by atoms with Crippen LogP contribution >= 0.6 is 22.9 Å². The number of halogens is 2. The highest BCUT2D eigenvalue weighted by atomic mass is 35.5. The van der Waals surface area contributed by atoms with Crippen molar-refractivity contribution in [3.63, 3.8) is 0 Å². The van der Waals surface area contributed by atoms with Crippen LogP contribution < -0.4 is 5.32 Å². The molecule has 0 radical (unpaired) electrons. The molecule has 1 heterocycles. The van der Waals surface area contributed by atoms with Gasteiger partial charge in [0.1, 0.15) is 21.9 Å². The average Bonchev–Trinajstić information content (AvgIpc) is 3.24.